The quantitative estimate of drug-likeness (QED) is 0.320. The van der Waals surface area contributed by atoms with Crippen LogP contribution in [-0.2, 0) is 15.1 Å². The Morgan fingerprint density at radius 1 is 1.50 bits per heavy atom. The van der Waals surface area contributed by atoms with Gasteiger partial charge < -0.3 is 8.54 Å². The van der Waals surface area contributed by atoms with Crippen LogP contribution in [0.3, 0.4) is 0 Å². The van der Waals surface area contributed by atoms with Crippen LogP contribution < -0.4 is 0 Å². The Morgan fingerprint density at radius 2 is 2.21 bits per heavy atom. The lowest BCUT2D eigenvalue weighted by Gasteiger charge is -2.02. The normalized spacial score (nSPS) is 10.1. The van der Waals surface area contributed by atoms with Crippen LogP contribution >= 0.6 is 0 Å². The van der Waals surface area contributed by atoms with E-state index < -0.39 is 4.92 Å². The predicted molar refractivity (Wildman–Crippen MR) is 50.5 cm³/mol. The third-order valence-electron chi connectivity index (χ3n) is 1.52. The molecule has 0 saturated heterocycles. The molecule has 71 valence electrons. The van der Waals surface area contributed by atoms with Crippen LogP contribution in [0, 0.1) is 10.1 Å². The first kappa shape index (κ1) is 11.1. The molecular formula is C7H6NO4Si2. The van der Waals surface area contributed by atoms with Crippen molar-refractivity contribution in [2.75, 3.05) is 0 Å². The molecule has 0 spiro atoms. The van der Waals surface area contributed by atoms with Crippen molar-refractivity contribution in [1.29, 1.82) is 0 Å². The van der Waals surface area contributed by atoms with E-state index in [2.05, 4.69) is 14.6 Å². The summed E-state index contributed by atoms with van der Waals surface area (Å²) in [5, 5.41) is 10.6. The molecule has 0 heterocycles. The topological polar surface area (TPSA) is 61.6 Å². The lowest BCUT2D eigenvalue weighted by Crippen LogP contribution is -2.04. The highest BCUT2D eigenvalue weighted by Crippen LogP contribution is 2.17. The highest BCUT2D eigenvalue weighted by Gasteiger charge is 2.11. The molecule has 0 saturated carbocycles. The van der Waals surface area contributed by atoms with Crippen molar-refractivity contribution in [3.8, 4) is 0 Å². The van der Waals surface area contributed by atoms with Gasteiger partial charge in [0.15, 0.2) is 0 Å². The zero-order valence-electron chi connectivity index (χ0n) is 7.10. The molecule has 5 nitrogen and oxygen atoms in total. The van der Waals surface area contributed by atoms with E-state index in [1.807, 2.05) is 0 Å². The minimum Gasteiger partial charge on any atom is -0.435 e. The van der Waals surface area contributed by atoms with Crippen LogP contribution in [0.2, 0.25) is 0 Å². The molecule has 0 aliphatic heterocycles. The first-order valence-electron chi connectivity index (χ1n) is 3.67. The van der Waals surface area contributed by atoms with E-state index in [1.165, 1.54) is 6.07 Å². The number of hydrogen-bond donors (Lipinski definition) is 0. The largest absolute Gasteiger partial charge is 0.435 e. The van der Waals surface area contributed by atoms with Crippen LogP contribution in [0.4, 0.5) is 5.69 Å². The number of benzene rings is 1. The van der Waals surface area contributed by atoms with Crippen molar-refractivity contribution >= 4 is 26.2 Å². The number of nitrogens with zero attached hydrogens (tertiary/aromatic N) is 1. The van der Waals surface area contributed by atoms with Gasteiger partial charge in [0.05, 0.1) is 17.1 Å². The van der Waals surface area contributed by atoms with Gasteiger partial charge in [0, 0.05) is 6.07 Å². The molecule has 1 aromatic carbocycles. The van der Waals surface area contributed by atoms with Crippen molar-refractivity contribution < 1.29 is 13.5 Å². The van der Waals surface area contributed by atoms with Crippen molar-refractivity contribution in [3.05, 3.63) is 39.9 Å². The number of rotatable bonds is 5. The van der Waals surface area contributed by atoms with Gasteiger partial charge in [0.25, 0.3) is 5.69 Å². The average molecular weight is 224 g/mol. The summed E-state index contributed by atoms with van der Waals surface area (Å²) < 4.78 is 9.52. The monoisotopic (exact) mass is 224 g/mol. The Balaban J connectivity index is 2.69. The molecule has 0 aliphatic carbocycles. The Hall–Kier alpha value is -1.03. The molecule has 7 heteroatoms. The van der Waals surface area contributed by atoms with Crippen molar-refractivity contribution in [3.63, 3.8) is 0 Å². The van der Waals surface area contributed by atoms with Gasteiger partial charge in [-0.05, 0) is 6.07 Å². The van der Waals surface area contributed by atoms with E-state index >= 15 is 0 Å². The lowest BCUT2D eigenvalue weighted by molar-refractivity contribution is -0.385. The molecule has 1 aromatic rings. The van der Waals surface area contributed by atoms with Crippen LogP contribution in [0.25, 0.3) is 0 Å². The Labute approximate surface area is 86.8 Å². The van der Waals surface area contributed by atoms with Gasteiger partial charge in [-0.15, -0.1) is 0 Å². The maximum absolute atomic E-state index is 10.6. The fourth-order valence-corrected chi connectivity index (χ4v) is 1.40. The van der Waals surface area contributed by atoms with Crippen LogP contribution in [-0.4, -0.2) is 25.4 Å². The molecule has 0 aromatic heterocycles. The second kappa shape index (κ2) is 5.65. The summed E-state index contributed by atoms with van der Waals surface area (Å²) in [7, 11) is 2.59. The molecule has 1 rings (SSSR count). The van der Waals surface area contributed by atoms with Gasteiger partial charge in [0.1, 0.15) is 0 Å². The summed E-state index contributed by atoms with van der Waals surface area (Å²) in [5.74, 6) is 0. The Morgan fingerprint density at radius 3 is 2.86 bits per heavy atom. The third-order valence-corrected chi connectivity index (χ3v) is 2.11. The molecule has 14 heavy (non-hydrogen) atoms. The van der Waals surface area contributed by atoms with Crippen LogP contribution in [0.5, 0.6) is 0 Å². The van der Waals surface area contributed by atoms with Gasteiger partial charge in [-0.1, -0.05) is 12.1 Å². The smallest absolute Gasteiger partial charge is 0.421 e. The van der Waals surface area contributed by atoms with Gasteiger partial charge >= 0.3 is 10.0 Å². The molecular weight excluding hydrogens is 218 g/mol. The molecule has 0 aliphatic rings. The predicted octanol–water partition coefficient (Wildman–Crippen LogP) is 0.746. The first-order chi connectivity index (χ1) is 6.75. The summed E-state index contributed by atoms with van der Waals surface area (Å²) in [6.07, 6.45) is 0. The summed E-state index contributed by atoms with van der Waals surface area (Å²) in [6, 6.07) is 6.43. The van der Waals surface area contributed by atoms with E-state index in [-0.39, 0.29) is 22.3 Å². The van der Waals surface area contributed by atoms with Crippen LogP contribution in [0.1, 0.15) is 5.56 Å². The van der Waals surface area contributed by atoms with Crippen molar-refractivity contribution in [2.24, 2.45) is 0 Å². The first-order valence-corrected chi connectivity index (χ1v) is 4.90. The third kappa shape index (κ3) is 3.03. The van der Waals surface area contributed by atoms with Gasteiger partial charge in [0.2, 0.25) is 10.5 Å². The average Bonchev–Trinajstić information content (AvgIpc) is 2.19. The molecule has 0 atom stereocenters. The zero-order valence-corrected chi connectivity index (χ0v) is 9.10. The van der Waals surface area contributed by atoms with E-state index in [1.54, 1.807) is 18.2 Å². The summed E-state index contributed by atoms with van der Waals surface area (Å²) >= 11 is 0. The minimum absolute atomic E-state index is 0.0614. The van der Waals surface area contributed by atoms with Crippen molar-refractivity contribution in [1.82, 2.24) is 0 Å². The second-order valence-electron chi connectivity index (χ2n) is 2.36. The number of nitro groups is 1. The summed E-state index contributed by atoms with van der Waals surface area (Å²) in [4.78, 5) is 10.1. The minimum atomic E-state index is -0.434. The van der Waals surface area contributed by atoms with Gasteiger partial charge in [-0.2, -0.15) is 0 Å². The number of para-hydroxylation sites is 1. The second-order valence-corrected chi connectivity index (χ2v) is 3.63. The number of hydrogen-bond acceptors (Lipinski definition) is 4. The molecule has 0 unspecified atom stereocenters. The molecule has 5 radical (unpaired) electrons. The highest BCUT2D eigenvalue weighted by atomic mass is 28.3. The summed E-state index contributed by atoms with van der Waals surface area (Å²) in [5.41, 5.74) is 0.597. The Kier molecular flexibility index (Phi) is 4.46. The lowest BCUT2D eigenvalue weighted by atomic mass is 10.2. The van der Waals surface area contributed by atoms with Gasteiger partial charge in [-0.3, -0.25) is 10.1 Å². The van der Waals surface area contributed by atoms with E-state index in [0.717, 1.165) is 0 Å². The Bertz CT molecular complexity index is 320. The van der Waals surface area contributed by atoms with Gasteiger partial charge in [-0.25, -0.2) is 0 Å². The fourth-order valence-electron chi connectivity index (χ4n) is 0.948. The van der Waals surface area contributed by atoms with E-state index in [9.17, 15) is 10.1 Å². The summed E-state index contributed by atoms with van der Waals surface area (Å²) in [6.45, 7) is 0.167. The maximum Gasteiger partial charge on any atom is 0.421 e. The maximum atomic E-state index is 10.6. The molecule has 0 bridgehead atoms. The molecule has 0 N–H and O–H groups in total. The van der Waals surface area contributed by atoms with E-state index in [4.69, 9.17) is 4.43 Å². The standard InChI is InChI=1S/C7H6NO4Si2/c9-8(10)7-4-2-1-3-6(7)5-11-14-12-13/h1-4H,5H2. The fraction of sp³-hybridized carbons (Fsp3) is 0.143. The SMILES string of the molecule is O=[N+]([O-])c1ccccc1CO[Si]O[Si]. The van der Waals surface area contributed by atoms with E-state index in [0.29, 0.717) is 5.56 Å². The molecule has 0 fully saturated rings. The highest BCUT2D eigenvalue weighted by molar-refractivity contribution is 6.27. The molecule has 0 amide bonds. The zero-order chi connectivity index (χ0) is 10.4. The van der Waals surface area contributed by atoms with Crippen LogP contribution in [0.15, 0.2) is 24.3 Å². The number of nitro benzene ring substituents is 1. The van der Waals surface area contributed by atoms with Crippen molar-refractivity contribution in [2.45, 2.75) is 6.61 Å².